The van der Waals surface area contributed by atoms with Crippen LogP contribution in [0.3, 0.4) is 0 Å². The Kier molecular flexibility index (Phi) is 4.03. The van der Waals surface area contributed by atoms with Gasteiger partial charge in [0, 0.05) is 19.3 Å². The van der Waals surface area contributed by atoms with Crippen molar-refractivity contribution in [2.75, 3.05) is 25.1 Å². The molecule has 2 rings (SSSR count). The van der Waals surface area contributed by atoms with Gasteiger partial charge >= 0.3 is 11.7 Å². The highest BCUT2D eigenvalue weighted by atomic mass is 16.6. The van der Waals surface area contributed by atoms with E-state index in [1.165, 1.54) is 19.4 Å². The molecule has 2 unspecified atom stereocenters. The summed E-state index contributed by atoms with van der Waals surface area (Å²) in [6.45, 7) is 2.61. The second-order valence-corrected chi connectivity index (χ2v) is 4.91. The van der Waals surface area contributed by atoms with Gasteiger partial charge < -0.3 is 9.64 Å². The number of nitrogens with zero attached hydrogens (tertiary/aromatic N) is 4. The molecule has 0 bridgehead atoms. The maximum atomic E-state index is 11.7. The summed E-state index contributed by atoms with van der Waals surface area (Å²) >= 11 is 0. The number of nitriles is 1. The molecule has 0 radical (unpaired) electrons. The first-order valence-electron chi connectivity index (χ1n) is 6.35. The van der Waals surface area contributed by atoms with Crippen LogP contribution in [0.15, 0.2) is 12.3 Å². The number of aromatic nitrogens is 1. The van der Waals surface area contributed by atoms with Gasteiger partial charge in [0.15, 0.2) is 0 Å². The van der Waals surface area contributed by atoms with Crippen LogP contribution in [0.2, 0.25) is 0 Å². The number of carbonyl (C=O) groups is 1. The van der Waals surface area contributed by atoms with Gasteiger partial charge in [-0.2, -0.15) is 5.26 Å². The van der Waals surface area contributed by atoms with Gasteiger partial charge in [0.05, 0.1) is 18.0 Å². The number of anilines is 1. The molecule has 0 aliphatic carbocycles. The van der Waals surface area contributed by atoms with E-state index in [0.29, 0.717) is 6.54 Å². The Morgan fingerprint density at radius 3 is 2.90 bits per heavy atom. The fourth-order valence-corrected chi connectivity index (χ4v) is 2.54. The fraction of sp³-hybridized carbons (Fsp3) is 0.462. The summed E-state index contributed by atoms with van der Waals surface area (Å²) in [7, 11) is 1.31. The lowest BCUT2D eigenvalue weighted by Gasteiger charge is -2.17. The van der Waals surface area contributed by atoms with E-state index in [1.807, 2.05) is 6.92 Å². The second-order valence-electron chi connectivity index (χ2n) is 4.91. The van der Waals surface area contributed by atoms with Crippen molar-refractivity contribution in [3.05, 3.63) is 27.9 Å². The number of hydrogen-bond acceptors (Lipinski definition) is 7. The van der Waals surface area contributed by atoms with Crippen molar-refractivity contribution in [2.45, 2.75) is 6.92 Å². The van der Waals surface area contributed by atoms with Crippen molar-refractivity contribution in [2.24, 2.45) is 11.8 Å². The van der Waals surface area contributed by atoms with E-state index in [2.05, 4.69) is 4.98 Å². The van der Waals surface area contributed by atoms with Gasteiger partial charge in [-0.05, 0) is 12.0 Å². The molecule has 2 atom stereocenters. The van der Waals surface area contributed by atoms with E-state index in [9.17, 15) is 14.9 Å². The van der Waals surface area contributed by atoms with E-state index in [-0.39, 0.29) is 41.4 Å². The highest BCUT2D eigenvalue weighted by Gasteiger charge is 2.39. The zero-order valence-electron chi connectivity index (χ0n) is 11.6. The number of nitro groups is 1. The predicted molar refractivity (Wildman–Crippen MR) is 72.5 cm³/mol. The molecule has 8 nitrogen and oxygen atoms in total. The number of rotatable bonds is 3. The molecule has 0 amide bonds. The molecular weight excluding hydrogens is 276 g/mol. The second kappa shape index (κ2) is 5.75. The summed E-state index contributed by atoms with van der Waals surface area (Å²) in [6, 6.07) is 3.10. The minimum absolute atomic E-state index is 0.00963. The normalized spacial score (nSPS) is 20.9. The summed E-state index contributed by atoms with van der Waals surface area (Å²) in [5.74, 6) is -0.590. The lowest BCUT2D eigenvalue weighted by atomic mass is 9.99. The van der Waals surface area contributed by atoms with E-state index in [1.54, 1.807) is 11.0 Å². The molecule has 1 saturated heterocycles. The topological polar surface area (TPSA) is 109 Å². The van der Waals surface area contributed by atoms with Crippen molar-refractivity contribution in [1.29, 1.82) is 5.26 Å². The molecule has 1 aliphatic heterocycles. The third-order valence-electron chi connectivity index (χ3n) is 3.62. The van der Waals surface area contributed by atoms with E-state index >= 15 is 0 Å². The van der Waals surface area contributed by atoms with E-state index in [0.717, 1.165) is 0 Å². The highest BCUT2D eigenvalue weighted by Crippen LogP contribution is 2.34. The summed E-state index contributed by atoms with van der Waals surface area (Å²) in [5.41, 5.74) is -0.364. The van der Waals surface area contributed by atoms with Gasteiger partial charge in [-0.3, -0.25) is 14.9 Å². The summed E-state index contributed by atoms with van der Waals surface area (Å²) in [5, 5.41) is 20.2. The van der Waals surface area contributed by atoms with Gasteiger partial charge in [-0.25, -0.2) is 4.98 Å². The lowest BCUT2D eigenvalue weighted by Crippen LogP contribution is -2.25. The Morgan fingerprint density at radius 1 is 1.62 bits per heavy atom. The van der Waals surface area contributed by atoms with Crippen LogP contribution < -0.4 is 4.90 Å². The SMILES string of the molecule is COC(=O)C1CN(c2nccc(C#N)c2[N+](=O)[O-])CC1C. The van der Waals surface area contributed by atoms with Crippen molar-refractivity contribution in [3.8, 4) is 6.07 Å². The number of methoxy groups -OCH3 is 1. The maximum Gasteiger partial charge on any atom is 0.329 e. The number of esters is 1. The molecule has 0 aromatic carbocycles. The monoisotopic (exact) mass is 290 g/mol. The van der Waals surface area contributed by atoms with Gasteiger partial charge in [0.2, 0.25) is 5.82 Å². The smallest absolute Gasteiger partial charge is 0.329 e. The molecule has 0 spiro atoms. The molecule has 1 aromatic heterocycles. The Morgan fingerprint density at radius 2 is 2.33 bits per heavy atom. The van der Waals surface area contributed by atoms with Gasteiger partial charge in [-0.1, -0.05) is 6.92 Å². The number of carbonyl (C=O) groups excluding carboxylic acids is 1. The summed E-state index contributed by atoms with van der Waals surface area (Å²) < 4.78 is 4.74. The van der Waals surface area contributed by atoms with Crippen molar-refractivity contribution in [1.82, 2.24) is 4.98 Å². The van der Waals surface area contributed by atoms with Gasteiger partial charge in [0.25, 0.3) is 0 Å². The third-order valence-corrected chi connectivity index (χ3v) is 3.62. The van der Waals surface area contributed by atoms with Crippen LogP contribution in [0.1, 0.15) is 12.5 Å². The average Bonchev–Trinajstić information content (AvgIpc) is 2.87. The largest absolute Gasteiger partial charge is 0.469 e. The van der Waals surface area contributed by atoms with Gasteiger partial charge in [-0.15, -0.1) is 0 Å². The lowest BCUT2D eigenvalue weighted by molar-refractivity contribution is -0.384. The first-order chi connectivity index (χ1) is 9.99. The molecule has 8 heteroatoms. The number of hydrogen-bond donors (Lipinski definition) is 0. The molecule has 1 fully saturated rings. The zero-order valence-corrected chi connectivity index (χ0v) is 11.6. The van der Waals surface area contributed by atoms with Crippen LogP contribution in [0.25, 0.3) is 0 Å². The Balaban J connectivity index is 2.38. The van der Waals surface area contributed by atoms with Crippen LogP contribution in [-0.4, -0.2) is 36.1 Å². The van der Waals surface area contributed by atoms with Crippen molar-refractivity contribution >= 4 is 17.5 Å². The quantitative estimate of drug-likeness (QED) is 0.466. The summed E-state index contributed by atoms with van der Waals surface area (Å²) in [4.78, 5) is 28.0. The molecule has 1 aromatic rings. The Labute approximate surface area is 121 Å². The third kappa shape index (κ3) is 2.63. The Bertz CT molecular complexity index is 625. The minimum Gasteiger partial charge on any atom is -0.469 e. The van der Waals surface area contributed by atoms with E-state index < -0.39 is 4.92 Å². The van der Waals surface area contributed by atoms with Crippen LogP contribution in [0.4, 0.5) is 11.5 Å². The highest BCUT2D eigenvalue weighted by molar-refractivity contribution is 5.75. The van der Waals surface area contributed by atoms with E-state index in [4.69, 9.17) is 10.00 Å². The first-order valence-corrected chi connectivity index (χ1v) is 6.35. The Hall–Kier alpha value is -2.69. The van der Waals surface area contributed by atoms with Crippen molar-refractivity contribution < 1.29 is 14.5 Å². The molecule has 110 valence electrons. The zero-order chi connectivity index (χ0) is 15.6. The molecule has 0 N–H and O–H groups in total. The van der Waals surface area contributed by atoms with Gasteiger partial charge in [0.1, 0.15) is 11.6 Å². The van der Waals surface area contributed by atoms with Crippen LogP contribution in [0.5, 0.6) is 0 Å². The number of pyridine rings is 1. The molecule has 1 aliphatic rings. The average molecular weight is 290 g/mol. The van der Waals surface area contributed by atoms with Crippen LogP contribution in [0, 0.1) is 33.3 Å². The number of ether oxygens (including phenoxy) is 1. The fourth-order valence-electron chi connectivity index (χ4n) is 2.54. The van der Waals surface area contributed by atoms with Crippen LogP contribution in [-0.2, 0) is 9.53 Å². The first kappa shape index (κ1) is 14.7. The standard InChI is InChI=1S/C13H14N4O4/c1-8-6-16(7-10(8)13(18)21-2)12-11(17(19)20)9(5-14)3-4-15-12/h3-4,8,10H,6-7H2,1-2H3. The molecule has 2 heterocycles. The van der Waals surface area contributed by atoms with Crippen LogP contribution >= 0.6 is 0 Å². The molecule has 0 saturated carbocycles. The maximum absolute atomic E-state index is 11.7. The molecule has 21 heavy (non-hydrogen) atoms. The minimum atomic E-state index is -0.614. The van der Waals surface area contributed by atoms with Crippen molar-refractivity contribution in [3.63, 3.8) is 0 Å². The molecular formula is C13H14N4O4. The summed E-state index contributed by atoms with van der Waals surface area (Å²) in [6.07, 6.45) is 1.36. The predicted octanol–water partition coefficient (Wildman–Crippen LogP) is 1.11.